The molecule has 5 heteroatoms. The second-order valence-electron chi connectivity index (χ2n) is 3.69. The van der Waals surface area contributed by atoms with E-state index in [0.29, 0.717) is 5.56 Å². The molecule has 1 aromatic carbocycles. The number of carbonyl (C=O) groups excluding carboxylic acids is 1. The number of hydrogen-bond donors (Lipinski definition) is 1. The quantitative estimate of drug-likeness (QED) is 0.866. The molecular weight excluding hydrogens is 240 g/mol. The van der Waals surface area contributed by atoms with Crippen LogP contribution < -0.4 is 0 Å². The number of aliphatic hydroxyl groups is 1. The van der Waals surface area contributed by atoms with Crippen molar-refractivity contribution in [1.29, 1.82) is 0 Å². The van der Waals surface area contributed by atoms with Crippen LogP contribution in [0.25, 0.3) is 0 Å². The number of carbonyl (C=O) groups is 1. The van der Waals surface area contributed by atoms with Crippen molar-refractivity contribution in [3.05, 3.63) is 29.8 Å². The van der Waals surface area contributed by atoms with Crippen molar-refractivity contribution < 1.29 is 18.3 Å². The van der Waals surface area contributed by atoms with Crippen LogP contribution in [0.3, 0.4) is 0 Å². The first kappa shape index (κ1) is 13.9. The van der Waals surface area contributed by atoms with E-state index in [2.05, 4.69) is 0 Å². The molecule has 0 aliphatic carbocycles. The standard InChI is InChI=1S/C12H16O4S/c1-3-11(13)12(14)9-5-7-10(8-6-9)17(15,16)4-2/h5-8,12,14H,3-4H2,1-2H3. The first-order valence-electron chi connectivity index (χ1n) is 5.45. The van der Waals surface area contributed by atoms with Crippen molar-refractivity contribution in [2.24, 2.45) is 0 Å². The fourth-order valence-electron chi connectivity index (χ4n) is 1.40. The maximum absolute atomic E-state index is 11.5. The number of sulfone groups is 1. The number of Topliss-reactive ketones (excluding diaryl/α,β-unsaturated/α-hetero) is 1. The van der Waals surface area contributed by atoms with Gasteiger partial charge in [0.25, 0.3) is 0 Å². The third-order valence-corrected chi connectivity index (χ3v) is 4.34. The van der Waals surface area contributed by atoms with Gasteiger partial charge in [0.1, 0.15) is 6.10 Å². The third-order valence-electron chi connectivity index (χ3n) is 2.59. The van der Waals surface area contributed by atoms with Crippen LogP contribution in [0, 0.1) is 0 Å². The van der Waals surface area contributed by atoms with Crippen LogP contribution in [0.2, 0.25) is 0 Å². The van der Waals surface area contributed by atoms with Gasteiger partial charge in [-0.05, 0) is 17.7 Å². The molecule has 1 rings (SSSR count). The summed E-state index contributed by atoms with van der Waals surface area (Å²) in [6.45, 7) is 3.24. The Labute approximate surface area is 101 Å². The molecule has 4 nitrogen and oxygen atoms in total. The van der Waals surface area contributed by atoms with E-state index in [1.807, 2.05) is 0 Å². The van der Waals surface area contributed by atoms with Gasteiger partial charge in [-0.1, -0.05) is 26.0 Å². The lowest BCUT2D eigenvalue weighted by molar-refractivity contribution is -0.127. The van der Waals surface area contributed by atoms with Gasteiger partial charge in [0.2, 0.25) is 0 Å². The summed E-state index contributed by atoms with van der Waals surface area (Å²) in [6, 6.07) is 5.78. The Morgan fingerprint density at radius 1 is 1.24 bits per heavy atom. The average Bonchev–Trinajstić information content (AvgIpc) is 2.37. The van der Waals surface area contributed by atoms with Crippen molar-refractivity contribution in [3.63, 3.8) is 0 Å². The van der Waals surface area contributed by atoms with Crippen LogP contribution in [-0.4, -0.2) is 25.1 Å². The molecule has 0 spiro atoms. The summed E-state index contributed by atoms with van der Waals surface area (Å²) in [7, 11) is -3.23. The zero-order valence-corrected chi connectivity index (χ0v) is 10.7. The minimum absolute atomic E-state index is 0.0305. The Hall–Kier alpha value is -1.20. The van der Waals surface area contributed by atoms with Gasteiger partial charge in [-0.2, -0.15) is 0 Å². The first-order chi connectivity index (χ1) is 7.92. The topological polar surface area (TPSA) is 71.4 Å². The zero-order valence-electron chi connectivity index (χ0n) is 9.88. The maximum atomic E-state index is 11.5. The van der Waals surface area contributed by atoms with E-state index in [1.165, 1.54) is 24.3 Å². The monoisotopic (exact) mass is 256 g/mol. The van der Waals surface area contributed by atoms with Crippen LogP contribution in [-0.2, 0) is 14.6 Å². The van der Waals surface area contributed by atoms with Gasteiger partial charge in [0.15, 0.2) is 15.6 Å². The number of benzene rings is 1. The Kier molecular flexibility index (Phi) is 4.42. The van der Waals surface area contributed by atoms with Gasteiger partial charge in [0.05, 0.1) is 10.6 Å². The molecule has 1 aromatic rings. The molecule has 1 N–H and O–H groups in total. The largest absolute Gasteiger partial charge is 0.381 e. The minimum atomic E-state index is -3.23. The first-order valence-corrected chi connectivity index (χ1v) is 7.11. The molecule has 0 radical (unpaired) electrons. The van der Waals surface area contributed by atoms with Crippen LogP contribution in [0.4, 0.5) is 0 Å². The summed E-state index contributed by atoms with van der Waals surface area (Å²) >= 11 is 0. The molecule has 0 heterocycles. The molecule has 1 atom stereocenters. The number of ketones is 1. The minimum Gasteiger partial charge on any atom is -0.381 e. The second-order valence-corrected chi connectivity index (χ2v) is 5.97. The Morgan fingerprint density at radius 2 is 1.76 bits per heavy atom. The molecule has 0 fully saturated rings. The third kappa shape index (κ3) is 3.14. The van der Waals surface area contributed by atoms with E-state index in [-0.39, 0.29) is 22.9 Å². The van der Waals surface area contributed by atoms with Gasteiger partial charge >= 0.3 is 0 Å². The van der Waals surface area contributed by atoms with Gasteiger partial charge in [0, 0.05) is 6.42 Å². The highest BCUT2D eigenvalue weighted by Gasteiger charge is 2.17. The highest BCUT2D eigenvalue weighted by molar-refractivity contribution is 7.91. The second kappa shape index (κ2) is 5.42. The smallest absolute Gasteiger partial charge is 0.178 e. The molecule has 0 aliphatic rings. The average molecular weight is 256 g/mol. The molecule has 0 amide bonds. The summed E-state index contributed by atoms with van der Waals surface area (Å²) < 4.78 is 23.1. The Balaban J connectivity index is 3.00. The van der Waals surface area contributed by atoms with E-state index in [1.54, 1.807) is 13.8 Å². The summed E-state index contributed by atoms with van der Waals surface area (Å²) in [5, 5.41) is 9.64. The summed E-state index contributed by atoms with van der Waals surface area (Å²) in [6.07, 6.45) is -0.922. The predicted octanol–water partition coefficient (Wildman–Crippen LogP) is 1.49. The predicted molar refractivity (Wildman–Crippen MR) is 64.4 cm³/mol. The van der Waals surface area contributed by atoms with Gasteiger partial charge < -0.3 is 5.11 Å². The number of aliphatic hydroxyl groups excluding tert-OH is 1. The zero-order chi connectivity index (χ0) is 13.1. The normalized spacial score (nSPS) is 13.4. The maximum Gasteiger partial charge on any atom is 0.178 e. The summed E-state index contributed by atoms with van der Waals surface area (Å²) in [5.41, 5.74) is 0.423. The van der Waals surface area contributed by atoms with E-state index in [4.69, 9.17) is 0 Å². The summed E-state index contributed by atoms with van der Waals surface area (Å²) in [5.74, 6) is -0.251. The Morgan fingerprint density at radius 3 is 2.18 bits per heavy atom. The van der Waals surface area contributed by atoms with Crippen molar-refractivity contribution in [2.75, 3.05) is 5.75 Å². The lowest BCUT2D eigenvalue weighted by Gasteiger charge is -2.09. The van der Waals surface area contributed by atoms with Crippen molar-refractivity contribution in [1.82, 2.24) is 0 Å². The fourth-order valence-corrected chi connectivity index (χ4v) is 2.29. The molecule has 94 valence electrons. The van der Waals surface area contributed by atoms with Gasteiger partial charge in [-0.3, -0.25) is 4.79 Å². The molecule has 0 bridgehead atoms. The summed E-state index contributed by atoms with van der Waals surface area (Å²) in [4.78, 5) is 11.5. The van der Waals surface area contributed by atoms with Crippen molar-refractivity contribution in [2.45, 2.75) is 31.3 Å². The SMILES string of the molecule is CCC(=O)C(O)c1ccc(S(=O)(=O)CC)cc1. The molecule has 0 saturated carbocycles. The highest BCUT2D eigenvalue weighted by atomic mass is 32.2. The Bertz CT molecular complexity index is 488. The fraction of sp³-hybridized carbons (Fsp3) is 0.417. The lowest BCUT2D eigenvalue weighted by atomic mass is 10.0. The van der Waals surface area contributed by atoms with Crippen LogP contribution in [0.1, 0.15) is 31.9 Å². The van der Waals surface area contributed by atoms with Crippen LogP contribution in [0.15, 0.2) is 29.2 Å². The lowest BCUT2D eigenvalue weighted by Crippen LogP contribution is -2.11. The van der Waals surface area contributed by atoms with Gasteiger partial charge in [-0.15, -0.1) is 0 Å². The molecule has 17 heavy (non-hydrogen) atoms. The van der Waals surface area contributed by atoms with E-state index >= 15 is 0 Å². The van der Waals surface area contributed by atoms with Crippen LogP contribution in [0.5, 0.6) is 0 Å². The van der Waals surface area contributed by atoms with E-state index < -0.39 is 15.9 Å². The van der Waals surface area contributed by atoms with E-state index in [9.17, 15) is 18.3 Å². The number of rotatable bonds is 5. The van der Waals surface area contributed by atoms with Crippen LogP contribution >= 0.6 is 0 Å². The molecular formula is C12H16O4S. The van der Waals surface area contributed by atoms with E-state index in [0.717, 1.165) is 0 Å². The molecule has 1 unspecified atom stereocenters. The van der Waals surface area contributed by atoms with Crippen molar-refractivity contribution in [3.8, 4) is 0 Å². The highest BCUT2D eigenvalue weighted by Crippen LogP contribution is 2.18. The molecule has 0 aliphatic heterocycles. The number of hydrogen-bond acceptors (Lipinski definition) is 4. The van der Waals surface area contributed by atoms with Crippen molar-refractivity contribution >= 4 is 15.6 Å². The molecule has 0 saturated heterocycles. The molecule has 0 aromatic heterocycles. The van der Waals surface area contributed by atoms with Gasteiger partial charge in [-0.25, -0.2) is 8.42 Å².